The van der Waals surface area contributed by atoms with E-state index in [2.05, 4.69) is 15.8 Å². The maximum Gasteiger partial charge on any atom is 0.271 e. The Balaban J connectivity index is 1.64. The van der Waals surface area contributed by atoms with Crippen LogP contribution >= 0.6 is 11.6 Å². The average Bonchev–Trinajstić information content (AvgIpc) is 2.79. The normalized spacial score (nSPS) is 10.5. The molecular formula is C23H20ClN3O4. The van der Waals surface area contributed by atoms with Gasteiger partial charge in [0.1, 0.15) is 0 Å². The highest BCUT2D eigenvalue weighted by molar-refractivity contribution is 6.30. The van der Waals surface area contributed by atoms with Crippen LogP contribution in [0, 0.1) is 0 Å². The molecule has 0 saturated carbocycles. The van der Waals surface area contributed by atoms with E-state index in [0.717, 1.165) is 5.56 Å². The smallest absolute Gasteiger partial charge is 0.271 e. The fourth-order valence-corrected chi connectivity index (χ4v) is 2.83. The lowest BCUT2D eigenvalue weighted by Crippen LogP contribution is -2.18. The van der Waals surface area contributed by atoms with Crippen LogP contribution in [0.4, 0.5) is 5.69 Å². The van der Waals surface area contributed by atoms with Gasteiger partial charge in [-0.2, -0.15) is 5.10 Å². The van der Waals surface area contributed by atoms with Gasteiger partial charge in [-0.15, -0.1) is 0 Å². The van der Waals surface area contributed by atoms with Gasteiger partial charge in [0.05, 0.1) is 20.4 Å². The summed E-state index contributed by atoms with van der Waals surface area (Å²) in [6.45, 7) is 0. The van der Waals surface area contributed by atoms with E-state index in [1.807, 2.05) is 0 Å². The van der Waals surface area contributed by atoms with Crippen molar-refractivity contribution in [2.45, 2.75) is 0 Å². The molecule has 0 aliphatic rings. The molecule has 3 aromatic carbocycles. The van der Waals surface area contributed by atoms with Crippen LogP contribution < -0.4 is 20.2 Å². The Hall–Kier alpha value is -3.84. The summed E-state index contributed by atoms with van der Waals surface area (Å²) in [6, 6.07) is 18.3. The summed E-state index contributed by atoms with van der Waals surface area (Å²) >= 11 is 5.84. The Kier molecular flexibility index (Phi) is 7.24. The first-order valence-corrected chi connectivity index (χ1v) is 9.60. The minimum atomic E-state index is -0.417. The van der Waals surface area contributed by atoms with Crippen molar-refractivity contribution in [1.82, 2.24) is 5.43 Å². The number of nitrogens with one attached hydrogen (secondary N) is 2. The summed E-state index contributed by atoms with van der Waals surface area (Å²) in [5, 5.41) is 7.27. The molecule has 7 nitrogen and oxygen atoms in total. The number of rotatable bonds is 7. The van der Waals surface area contributed by atoms with Gasteiger partial charge >= 0.3 is 0 Å². The molecule has 0 heterocycles. The fraction of sp³-hybridized carbons (Fsp3) is 0.0870. The van der Waals surface area contributed by atoms with E-state index in [1.165, 1.54) is 6.21 Å². The Morgan fingerprint density at radius 2 is 1.61 bits per heavy atom. The summed E-state index contributed by atoms with van der Waals surface area (Å²) in [6.07, 6.45) is 1.49. The van der Waals surface area contributed by atoms with Gasteiger partial charge in [-0.3, -0.25) is 9.59 Å². The van der Waals surface area contributed by atoms with Crippen molar-refractivity contribution in [3.63, 3.8) is 0 Å². The minimum Gasteiger partial charge on any atom is -0.493 e. The van der Waals surface area contributed by atoms with Gasteiger partial charge in [-0.25, -0.2) is 5.43 Å². The topological polar surface area (TPSA) is 89.0 Å². The lowest BCUT2D eigenvalue weighted by atomic mass is 10.1. The third-order valence-corrected chi connectivity index (χ3v) is 4.53. The number of nitrogens with zero attached hydrogens (tertiary/aromatic N) is 1. The highest BCUT2D eigenvalue weighted by atomic mass is 35.5. The molecule has 0 fully saturated rings. The zero-order valence-electron chi connectivity index (χ0n) is 16.9. The molecule has 0 aliphatic carbocycles. The molecular weight excluding hydrogens is 418 g/mol. The Bertz CT molecular complexity index is 1110. The van der Waals surface area contributed by atoms with E-state index in [9.17, 15) is 9.59 Å². The van der Waals surface area contributed by atoms with Crippen molar-refractivity contribution >= 4 is 35.3 Å². The standard InChI is InChI=1S/C23H20ClN3O4/c1-30-20-11-6-15(12-21(20)31-2)14-25-27-23(29)17-4-3-5-19(13-17)26-22(28)16-7-9-18(24)10-8-16/h3-14H,1-2H3,(H,26,28)(H,27,29)/b25-14-. The number of benzene rings is 3. The molecule has 158 valence electrons. The van der Waals surface area contributed by atoms with Crippen LogP contribution in [0.5, 0.6) is 11.5 Å². The van der Waals surface area contributed by atoms with Gasteiger partial charge in [-0.1, -0.05) is 17.7 Å². The number of hydrogen-bond donors (Lipinski definition) is 2. The van der Waals surface area contributed by atoms with E-state index >= 15 is 0 Å². The minimum absolute atomic E-state index is 0.305. The molecule has 0 saturated heterocycles. The van der Waals surface area contributed by atoms with Crippen LogP contribution in [0.3, 0.4) is 0 Å². The maximum atomic E-state index is 12.4. The summed E-state index contributed by atoms with van der Waals surface area (Å²) < 4.78 is 10.4. The molecule has 0 bridgehead atoms. The van der Waals surface area contributed by atoms with Gasteiger partial charge in [0.2, 0.25) is 0 Å². The van der Waals surface area contributed by atoms with E-state index in [-0.39, 0.29) is 5.91 Å². The first-order valence-electron chi connectivity index (χ1n) is 9.22. The average molecular weight is 438 g/mol. The zero-order valence-corrected chi connectivity index (χ0v) is 17.6. The lowest BCUT2D eigenvalue weighted by molar-refractivity contribution is 0.0953. The Labute approximate surface area is 184 Å². The molecule has 0 aromatic heterocycles. The molecule has 31 heavy (non-hydrogen) atoms. The number of hydrazone groups is 1. The second-order valence-electron chi connectivity index (χ2n) is 6.36. The number of hydrogen-bond acceptors (Lipinski definition) is 5. The molecule has 0 atom stereocenters. The van der Waals surface area contributed by atoms with Crippen molar-refractivity contribution < 1.29 is 19.1 Å². The zero-order chi connectivity index (χ0) is 22.2. The SMILES string of the molecule is COc1ccc(/C=N\NC(=O)c2cccc(NC(=O)c3ccc(Cl)cc3)c2)cc1OC. The highest BCUT2D eigenvalue weighted by Gasteiger charge is 2.09. The van der Waals surface area contributed by atoms with Crippen molar-refractivity contribution in [2.75, 3.05) is 19.5 Å². The second kappa shape index (κ2) is 10.3. The number of halogens is 1. The van der Waals surface area contributed by atoms with Crippen LogP contribution in [0.2, 0.25) is 5.02 Å². The molecule has 8 heteroatoms. The number of carbonyl (C=O) groups is 2. The molecule has 3 aromatic rings. The van der Waals surface area contributed by atoms with Crippen LogP contribution in [0.15, 0.2) is 71.8 Å². The van der Waals surface area contributed by atoms with Crippen LogP contribution in [0.25, 0.3) is 0 Å². The van der Waals surface area contributed by atoms with Gasteiger partial charge in [0.15, 0.2) is 11.5 Å². The van der Waals surface area contributed by atoms with Crippen LogP contribution in [-0.2, 0) is 0 Å². The number of ether oxygens (including phenoxy) is 2. The van der Waals surface area contributed by atoms with Crippen molar-refractivity contribution in [1.29, 1.82) is 0 Å². The molecule has 2 N–H and O–H groups in total. The van der Waals surface area contributed by atoms with E-state index < -0.39 is 5.91 Å². The Morgan fingerprint density at radius 3 is 2.32 bits per heavy atom. The molecule has 0 aliphatic heterocycles. The fourth-order valence-electron chi connectivity index (χ4n) is 2.71. The summed E-state index contributed by atoms with van der Waals surface area (Å²) in [4.78, 5) is 24.7. The molecule has 2 amide bonds. The van der Waals surface area contributed by atoms with Crippen LogP contribution in [0.1, 0.15) is 26.3 Å². The molecule has 3 rings (SSSR count). The molecule has 0 spiro atoms. The number of anilines is 1. The van der Waals surface area contributed by atoms with E-state index in [1.54, 1.807) is 80.9 Å². The van der Waals surface area contributed by atoms with Gasteiger partial charge in [-0.05, 0) is 66.2 Å². The van der Waals surface area contributed by atoms with Crippen molar-refractivity contribution in [3.05, 3.63) is 88.4 Å². The number of methoxy groups -OCH3 is 2. The number of carbonyl (C=O) groups excluding carboxylic acids is 2. The highest BCUT2D eigenvalue weighted by Crippen LogP contribution is 2.26. The summed E-state index contributed by atoms with van der Waals surface area (Å²) in [7, 11) is 3.09. The van der Waals surface area contributed by atoms with E-state index in [4.69, 9.17) is 21.1 Å². The summed E-state index contributed by atoms with van der Waals surface area (Å²) in [5.74, 6) is 0.433. The largest absolute Gasteiger partial charge is 0.493 e. The lowest BCUT2D eigenvalue weighted by Gasteiger charge is -2.08. The number of amides is 2. The van der Waals surface area contributed by atoms with Gasteiger partial charge in [0, 0.05) is 21.8 Å². The maximum absolute atomic E-state index is 12.4. The van der Waals surface area contributed by atoms with E-state index in [0.29, 0.717) is 33.3 Å². The first kappa shape index (κ1) is 21.9. The predicted molar refractivity (Wildman–Crippen MR) is 120 cm³/mol. The third-order valence-electron chi connectivity index (χ3n) is 4.28. The summed E-state index contributed by atoms with van der Waals surface area (Å²) in [5.41, 5.74) is 4.47. The molecule has 0 unspecified atom stereocenters. The quantitative estimate of drug-likeness (QED) is 0.424. The van der Waals surface area contributed by atoms with Crippen LogP contribution in [-0.4, -0.2) is 32.2 Å². The predicted octanol–water partition coefficient (Wildman–Crippen LogP) is 4.37. The third kappa shape index (κ3) is 5.83. The molecule has 0 radical (unpaired) electrons. The Morgan fingerprint density at radius 1 is 0.871 bits per heavy atom. The van der Waals surface area contributed by atoms with Crippen molar-refractivity contribution in [2.24, 2.45) is 5.10 Å². The monoisotopic (exact) mass is 437 g/mol. The van der Waals surface area contributed by atoms with Gasteiger partial charge < -0.3 is 14.8 Å². The second-order valence-corrected chi connectivity index (χ2v) is 6.79. The first-order chi connectivity index (χ1) is 15.0. The van der Waals surface area contributed by atoms with Crippen molar-refractivity contribution in [3.8, 4) is 11.5 Å². The van der Waals surface area contributed by atoms with Gasteiger partial charge in [0.25, 0.3) is 11.8 Å².